The number of rotatable bonds is 7. The maximum Gasteiger partial charge on any atom is 0.313 e. The predicted molar refractivity (Wildman–Crippen MR) is 70.0 cm³/mol. The number of carbonyl (C=O) groups is 1. The van der Waals surface area contributed by atoms with Crippen LogP contribution in [0.25, 0.3) is 0 Å². The van der Waals surface area contributed by atoms with Crippen molar-refractivity contribution in [3.63, 3.8) is 0 Å². The monoisotopic (exact) mass is 234 g/mol. The van der Waals surface area contributed by atoms with Crippen molar-refractivity contribution in [1.29, 1.82) is 0 Å². The minimum atomic E-state index is -0.164. The first-order valence-electron chi connectivity index (χ1n) is 6.47. The fourth-order valence-corrected chi connectivity index (χ4v) is 1.70. The summed E-state index contributed by atoms with van der Waals surface area (Å²) < 4.78 is 5.27. The summed E-state index contributed by atoms with van der Waals surface area (Å²) in [6.45, 7) is 4.61. The van der Waals surface area contributed by atoms with E-state index < -0.39 is 0 Å². The van der Waals surface area contributed by atoms with Crippen molar-refractivity contribution in [2.75, 3.05) is 6.61 Å². The van der Waals surface area contributed by atoms with E-state index in [1.165, 1.54) is 12.8 Å². The van der Waals surface area contributed by atoms with Crippen LogP contribution in [0.15, 0.2) is 30.3 Å². The molecule has 0 N–H and O–H groups in total. The van der Waals surface area contributed by atoms with Gasteiger partial charge in [0, 0.05) is 0 Å². The lowest BCUT2D eigenvalue weighted by atomic mass is 10.0. The van der Waals surface area contributed by atoms with Crippen LogP contribution < -0.4 is 0 Å². The molecule has 0 bridgehead atoms. The van der Waals surface area contributed by atoms with E-state index in [0.717, 1.165) is 18.4 Å². The summed E-state index contributed by atoms with van der Waals surface area (Å²) in [4.78, 5) is 11.8. The number of unbranched alkanes of at least 4 members (excludes halogenated alkanes) is 3. The van der Waals surface area contributed by atoms with Gasteiger partial charge in [0.05, 0.1) is 12.5 Å². The van der Waals surface area contributed by atoms with Crippen molar-refractivity contribution in [3.05, 3.63) is 35.9 Å². The van der Waals surface area contributed by atoms with Crippen molar-refractivity contribution in [2.24, 2.45) is 0 Å². The third-order valence-corrected chi connectivity index (χ3v) is 2.90. The Kier molecular flexibility index (Phi) is 6.38. The Morgan fingerprint density at radius 1 is 1.18 bits per heavy atom. The van der Waals surface area contributed by atoms with Crippen LogP contribution in [0, 0.1) is 0 Å². The van der Waals surface area contributed by atoms with Crippen LogP contribution in [0.1, 0.15) is 51.0 Å². The molecular formula is C15H22O2. The second-order valence-corrected chi connectivity index (χ2v) is 4.36. The van der Waals surface area contributed by atoms with Crippen molar-refractivity contribution in [2.45, 2.75) is 45.4 Å². The average molecular weight is 234 g/mol. The first kappa shape index (κ1) is 13.8. The Labute approximate surface area is 104 Å². The topological polar surface area (TPSA) is 26.3 Å². The van der Waals surface area contributed by atoms with Crippen molar-refractivity contribution in [1.82, 2.24) is 0 Å². The van der Waals surface area contributed by atoms with E-state index in [1.807, 2.05) is 37.3 Å². The molecule has 0 saturated carbocycles. The second kappa shape index (κ2) is 7.88. The summed E-state index contributed by atoms with van der Waals surface area (Å²) in [7, 11) is 0. The van der Waals surface area contributed by atoms with Gasteiger partial charge in [0.2, 0.25) is 0 Å². The van der Waals surface area contributed by atoms with E-state index in [2.05, 4.69) is 6.92 Å². The van der Waals surface area contributed by atoms with Gasteiger partial charge in [0.15, 0.2) is 0 Å². The molecule has 2 nitrogen and oxygen atoms in total. The number of esters is 1. The van der Waals surface area contributed by atoms with E-state index in [1.54, 1.807) is 0 Å². The van der Waals surface area contributed by atoms with Gasteiger partial charge in [0.25, 0.3) is 0 Å². The zero-order valence-corrected chi connectivity index (χ0v) is 10.8. The zero-order valence-electron chi connectivity index (χ0n) is 10.8. The highest BCUT2D eigenvalue weighted by Gasteiger charge is 2.15. The number of hydrogen-bond donors (Lipinski definition) is 0. The number of carbonyl (C=O) groups excluding carboxylic acids is 1. The van der Waals surface area contributed by atoms with Gasteiger partial charge in [-0.05, 0) is 18.9 Å². The Morgan fingerprint density at radius 3 is 2.53 bits per heavy atom. The van der Waals surface area contributed by atoms with Gasteiger partial charge >= 0.3 is 5.97 Å². The van der Waals surface area contributed by atoms with Crippen LogP contribution in [0.5, 0.6) is 0 Å². The van der Waals surface area contributed by atoms with Crippen LogP contribution in [-0.2, 0) is 9.53 Å². The Balaban J connectivity index is 2.28. The summed E-state index contributed by atoms with van der Waals surface area (Å²) in [6.07, 6.45) is 4.53. The lowest BCUT2D eigenvalue weighted by Gasteiger charge is -2.11. The molecule has 0 fully saturated rings. The van der Waals surface area contributed by atoms with Gasteiger partial charge in [-0.25, -0.2) is 0 Å². The van der Waals surface area contributed by atoms with E-state index in [9.17, 15) is 4.79 Å². The molecule has 0 amide bonds. The van der Waals surface area contributed by atoms with Crippen LogP contribution in [-0.4, -0.2) is 12.6 Å². The van der Waals surface area contributed by atoms with Gasteiger partial charge in [-0.3, -0.25) is 4.79 Å². The molecule has 0 radical (unpaired) electrons. The molecule has 0 aliphatic carbocycles. The van der Waals surface area contributed by atoms with Crippen molar-refractivity contribution in [3.8, 4) is 0 Å². The maximum absolute atomic E-state index is 11.8. The first-order chi connectivity index (χ1) is 8.25. The molecule has 17 heavy (non-hydrogen) atoms. The van der Waals surface area contributed by atoms with Gasteiger partial charge < -0.3 is 4.74 Å². The molecule has 0 aliphatic rings. The zero-order chi connectivity index (χ0) is 12.5. The number of ether oxygens (including phenoxy) is 1. The normalized spacial score (nSPS) is 12.1. The molecule has 0 unspecified atom stereocenters. The van der Waals surface area contributed by atoms with Gasteiger partial charge in [0.1, 0.15) is 0 Å². The molecule has 0 aromatic heterocycles. The molecular weight excluding hydrogens is 212 g/mol. The molecule has 1 aromatic rings. The Bertz CT molecular complexity index is 319. The Morgan fingerprint density at radius 2 is 1.88 bits per heavy atom. The van der Waals surface area contributed by atoms with Gasteiger partial charge in [-0.15, -0.1) is 0 Å². The lowest BCUT2D eigenvalue weighted by Crippen LogP contribution is -2.13. The maximum atomic E-state index is 11.8. The predicted octanol–water partition coefficient (Wildman–Crippen LogP) is 3.91. The fourth-order valence-electron chi connectivity index (χ4n) is 1.70. The van der Waals surface area contributed by atoms with Crippen LogP contribution in [0.4, 0.5) is 0 Å². The standard InChI is InChI=1S/C15H22O2/c1-3-4-5-9-12-17-15(16)13(2)14-10-7-6-8-11-14/h6-8,10-11,13H,3-5,9,12H2,1-2H3/t13-/m0/s1. The molecule has 1 atom stereocenters. The third-order valence-electron chi connectivity index (χ3n) is 2.90. The smallest absolute Gasteiger partial charge is 0.313 e. The fraction of sp³-hybridized carbons (Fsp3) is 0.533. The molecule has 0 saturated heterocycles. The quantitative estimate of drug-likeness (QED) is 0.528. The van der Waals surface area contributed by atoms with E-state index >= 15 is 0 Å². The van der Waals surface area contributed by atoms with E-state index in [0.29, 0.717) is 6.61 Å². The second-order valence-electron chi connectivity index (χ2n) is 4.36. The molecule has 0 spiro atoms. The largest absolute Gasteiger partial charge is 0.465 e. The van der Waals surface area contributed by atoms with Crippen LogP contribution in [0.3, 0.4) is 0 Å². The Hall–Kier alpha value is -1.31. The summed E-state index contributed by atoms with van der Waals surface area (Å²) >= 11 is 0. The molecule has 94 valence electrons. The minimum Gasteiger partial charge on any atom is -0.465 e. The highest BCUT2D eigenvalue weighted by Crippen LogP contribution is 2.16. The summed E-state index contributed by atoms with van der Waals surface area (Å²) in [5.74, 6) is -0.282. The lowest BCUT2D eigenvalue weighted by molar-refractivity contribution is -0.145. The molecule has 0 aliphatic heterocycles. The highest BCUT2D eigenvalue weighted by atomic mass is 16.5. The SMILES string of the molecule is CCCCCCOC(=O)[C@@H](C)c1ccccc1. The number of benzene rings is 1. The van der Waals surface area contributed by atoms with Crippen molar-refractivity contribution < 1.29 is 9.53 Å². The summed E-state index contributed by atoms with van der Waals surface area (Å²) in [5, 5.41) is 0. The molecule has 2 heteroatoms. The average Bonchev–Trinajstić information content (AvgIpc) is 2.38. The van der Waals surface area contributed by atoms with Crippen molar-refractivity contribution >= 4 is 5.97 Å². The van der Waals surface area contributed by atoms with Gasteiger partial charge in [-0.2, -0.15) is 0 Å². The van der Waals surface area contributed by atoms with Gasteiger partial charge in [-0.1, -0.05) is 56.5 Å². The minimum absolute atomic E-state index is 0.118. The van der Waals surface area contributed by atoms with E-state index in [4.69, 9.17) is 4.74 Å². The molecule has 0 heterocycles. The van der Waals surface area contributed by atoms with E-state index in [-0.39, 0.29) is 11.9 Å². The third kappa shape index (κ3) is 5.03. The van der Waals surface area contributed by atoms with Crippen LogP contribution in [0.2, 0.25) is 0 Å². The first-order valence-corrected chi connectivity index (χ1v) is 6.47. The summed E-state index contributed by atoms with van der Waals surface area (Å²) in [5.41, 5.74) is 1.02. The van der Waals surface area contributed by atoms with Crippen LogP contribution >= 0.6 is 0 Å². The number of hydrogen-bond acceptors (Lipinski definition) is 2. The summed E-state index contributed by atoms with van der Waals surface area (Å²) in [6, 6.07) is 9.76. The molecule has 1 rings (SSSR count). The highest BCUT2D eigenvalue weighted by molar-refractivity contribution is 5.77. The molecule has 1 aromatic carbocycles.